The molecule has 1 aromatic rings. The monoisotopic (exact) mass is 544 g/mol. The summed E-state index contributed by atoms with van der Waals surface area (Å²) >= 11 is 0. The Labute approximate surface area is 230 Å². The number of aliphatic hydroxyl groups is 3. The molecular formula is C31H44O8. The van der Waals surface area contributed by atoms with Crippen molar-refractivity contribution in [2.75, 3.05) is 7.11 Å². The molecule has 0 unspecified atom stereocenters. The summed E-state index contributed by atoms with van der Waals surface area (Å²) in [6, 6.07) is 3.38. The first-order valence-electron chi connectivity index (χ1n) is 14.7. The van der Waals surface area contributed by atoms with Crippen LogP contribution in [0.4, 0.5) is 0 Å². The van der Waals surface area contributed by atoms with Crippen LogP contribution >= 0.6 is 0 Å². The molecule has 0 bridgehead atoms. The lowest BCUT2D eigenvalue weighted by molar-refractivity contribution is -0.304. The molecule has 1 saturated heterocycles. The fourth-order valence-corrected chi connectivity index (χ4v) is 9.49. The van der Waals surface area contributed by atoms with Crippen LogP contribution in [0.1, 0.15) is 83.6 Å². The minimum atomic E-state index is -1.17. The number of aliphatic hydroxyl groups excluding tert-OH is 2. The number of ether oxygens (including phenoxy) is 3. The van der Waals surface area contributed by atoms with Crippen molar-refractivity contribution in [3.63, 3.8) is 0 Å². The Hall–Kier alpha value is -1.55. The molecule has 0 radical (unpaired) electrons. The lowest BCUT2D eigenvalue weighted by atomic mass is 9.45. The lowest BCUT2D eigenvalue weighted by Crippen LogP contribution is -2.60. The quantitative estimate of drug-likeness (QED) is 0.492. The molecule has 2 heterocycles. The Morgan fingerprint density at radius 2 is 1.79 bits per heavy atom. The zero-order valence-corrected chi connectivity index (χ0v) is 23.5. The molecule has 8 heteroatoms. The van der Waals surface area contributed by atoms with Gasteiger partial charge >= 0.3 is 5.63 Å². The maximum Gasteiger partial charge on any atom is 0.335 e. The highest BCUT2D eigenvalue weighted by molar-refractivity contribution is 5.31. The molecule has 3 N–H and O–H groups in total. The van der Waals surface area contributed by atoms with Gasteiger partial charge in [-0.05, 0) is 93.1 Å². The molecule has 0 aromatic carbocycles. The van der Waals surface area contributed by atoms with Crippen molar-refractivity contribution in [1.29, 1.82) is 0 Å². The van der Waals surface area contributed by atoms with E-state index in [0.717, 1.165) is 56.9 Å². The summed E-state index contributed by atoms with van der Waals surface area (Å²) in [5.41, 5.74) is 1.07. The van der Waals surface area contributed by atoms with Crippen molar-refractivity contribution in [3.05, 3.63) is 46.0 Å². The first-order valence-corrected chi connectivity index (χ1v) is 14.7. The largest absolute Gasteiger partial charge is 0.431 e. The fraction of sp³-hybridized carbons (Fsp3) is 0.774. The summed E-state index contributed by atoms with van der Waals surface area (Å²) in [5.74, 6) is 0.797. The molecule has 5 aliphatic rings. The molecule has 0 spiro atoms. The van der Waals surface area contributed by atoms with Crippen LogP contribution in [0.5, 0.6) is 0 Å². The smallest absolute Gasteiger partial charge is 0.335 e. The zero-order valence-electron chi connectivity index (χ0n) is 23.5. The van der Waals surface area contributed by atoms with E-state index < -0.39 is 36.3 Å². The van der Waals surface area contributed by atoms with E-state index in [1.807, 2.05) is 13.0 Å². The number of fused-ring (bicyclic) bond motifs is 5. The predicted octanol–water partition coefficient (Wildman–Crippen LogP) is 3.67. The number of rotatable bonds is 4. The van der Waals surface area contributed by atoms with E-state index in [-0.39, 0.29) is 34.4 Å². The van der Waals surface area contributed by atoms with Crippen LogP contribution in [-0.4, -0.2) is 64.8 Å². The van der Waals surface area contributed by atoms with Gasteiger partial charge in [-0.1, -0.05) is 25.5 Å². The van der Waals surface area contributed by atoms with Crippen LogP contribution in [0.25, 0.3) is 0 Å². The highest BCUT2D eigenvalue weighted by Crippen LogP contribution is 2.70. The van der Waals surface area contributed by atoms with Gasteiger partial charge in [-0.3, -0.25) is 0 Å². The predicted molar refractivity (Wildman–Crippen MR) is 143 cm³/mol. The molecule has 39 heavy (non-hydrogen) atoms. The number of methoxy groups -OCH3 is 1. The van der Waals surface area contributed by atoms with Gasteiger partial charge in [0.05, 0.1) is 24.1 Å². The van der Waals surface area contributed by atoms with E-state index in [0.29, 0.717) is 5.92 Å². The van der Waals surface area contributed by atoms with E-state index >= 15 is 0 Å². The molecule has 6 rings (SSSR count). The third-order valence-corrected chi connectivity index (χ3v) is 11.7. The zero-order chi connectivity index (χ0) is 27.7. The first-order chi connectivity index (χ1) is 18.5. The SMILES string of the molecule is CO[C@@H]1[C@H](O)[C@H](O)[C@@H](O[C@@H]2C=C3CC[C@@H]4[C@H](CC[C@]5(C)[C@@H](c6ccc(=O)oc6)CC[C@]45O)[C@]3(C)CC2)O[C@H]1C. The summed E-state index contributed by atoms with van der Waals surface area (Å²) < 4.78 is 22.7. The third-order valence-electron chi connectivity index (χ3n) is 11.7. The second kappa shape index (κ2) is 9.78. The van der Waals surface area contributed by atoms with Gasteiger partial charge in [-0.15, -0.1) is 0 Å². The van der Waals surface area contributed by atoms with Gasteiger partial charge in [0.25, 0.3) is 0 Å². The molecule has 3 saturated carbocycles. The van der Waals surface area contributed by atoms with Gasteiger partial charge in [0.15, 0.2) is 6.29 Å². The second-order valence-corrected chi connectivity index (χ2v) is 13.3. The van der Waals surface area contributed by atoms with Crippen molar-refractivity contribution >= 4 is 0 Å². The highest BCUT2D eigenvalue weighted by Gasteiger charge is 2.66. The molecule has 4 fully saturated rings. The van der Waals surface area contributed by atoms with Crippen molar-refractivity contribution < 1.29 is 33.9 Å². The maximum atomic E-state index is 12.4. The minimum Gasteiger partial charge on any atom is -0.431 e. The van der Waals surface area contributed by atoms with Gasteiger partial charge in [0.2, 0.25) is 0 Å². The maximum absolute atomic E-state index is 12.4. The van der Waals surface area contributed by atoms with Crippen molar-refractivity contribution in [1.82, 2.24) is 0 Å². The van der Waals surface area contributed by atoms with E-state index in [4.69, 9.17) is 18.6 Å². The van der Waals surface area contributed by atoms with Gasteiger partial charge in [0, 0.05) is 18.6 Å². The van der Waals surface area contributed by atoms with Crippen LogP contribution in [0.2, 0.25) is 0 Å². The number of hydrogen-bond donors (Lipinski definition) is 3. The molecule has 0 amide bonds. The molecule has 12 atom stereocenters. The molecule has 8 nitrogen and oxygen atoms in total. The van der Waals surface area contributed by atoms with Gasteiger partial charge in [-0.25, -0.2) is 4.79 Å². The highest BCUT2D eigenvalue weighted by atomic mass is 16.7. The Balaban J connectivity index is 1.20. The van der Waals surface area contributed by atoms with E-state index in [1.165, 1.54) is 18.7 Å². The van der Waals surface area contributed by atoms with Gasteiger partial charge in [0.1, 0.15) is 18.3 Å². The summed E-state index contributed by atoms with van der Waals surface area (Å²) in [6.07, 6.45) is 6.78. The summed E-state index contributed by atoms with van der Waals surface area (Å²) in [5, 5.41) is 33.6. The standard InChI is InChI=1S/C31H44O8/c1-17-27(36-4)25(33)26(34)28(38-17)39-20-9-12-29(2)19(15-20)6-7-23-22(29)10-13-30(3)21(11-14-31(23,30)35)18-5-8-24(32)37-16-18/h5,8,15-17,20-23,25-28,33-35H,6-7,9-14H2,1-4H3/t17-,20-,21+,22-,23+,25+,26-,27-,28+,29+,30+,31-/m0/s1. The number of allylic oxidation sites excluding steroid dienone is 1. The van der Waals surface area contributed by atoms with Crippen molar-refractivity contribution in [2.45, 2.75) is 120 Å². The Morgan fingerprint density at radius 3 is 2.51 bits per heavy atom. The molecule has 1 aliphatic heterocycles. The Morgan fingerprint density at radius 1 is 1.00 bits per heavy atom. The molecular weight excluding hydrogens is 500 g/mol. The number of hydrogen-bond acceptors (Lipinski definition) is 8. The average Bonchev–Trinajstić information content (AvgIpc) is 3.19. The third kappa shape index (κ3) is 4.12. The van der Waals surface area contributed by atoms with Crippen LogP contribution in [0.3, 0.4) is 0 Å². The van der Waals surface area contributed by atoms with Gasteiger partial charge < -0.3 is 33.9 Å². The van der Waals surface area contributed by atoms with E-state index in [9.17, 15) is 20.1 Å². The lowest BCUT2D eigenvalue weighted by Gasteiger charge is -2.62. The summed E-state index contributed by atoms with van der Waals surface area (Å²) in [6.45, 7) is 6.45. The van der Waals surface area contributed by atoms with Crippen molar-refractivity contribution in [2.24, 2.45) is 22.7 Å². The Kier molecular flexibility index (Phi) is 6.92. The fourth-order valence-electron chi connectivity index (χ4n) is 9.49. The summed E-state index contributed by atoms with van der Waals surface area (Å²) in [7, 11) is 1.50. The summed E-state index contributed by atoms with van der Waals surface area (Å²) in [4.78, 5) is 11.6. The second-order valence-electron chi connectivity index (χ2n) is 13.3. The van der Waals surface area contributed by atoms with Crippen LogP contribution in [-0.2, 0) is 14.2 Å². The first kappa shape index (κ1) is 27.6. The van der Waals surface area contributed by atoms with Crippen molar-refractivity contribution in [3.8, 4) is 0 Å². The minimum absolute atomic E-state index is 0.00253. The molecule has 1 aromatic heterocycles. The molecule has 216 valence electrons. The van der Waals surface area contributed by atoms with Gasteiger partial charge in [-0.2, -0.15) is 0 Å². The topological polar surface area (TPSA) is 119 Å². The van der Waals surface area contributed by atoms with E-state index in [2.05, 4.69) is 19.9 Å². The van der Waals surface area contributed by atoms with Crippen LogP contribution in [0, 0.1) is 22.7 Å². The van der Waals surface area contributed by atoms with Crippen LogP contribution < -0.4 is 5.63 Å². The van der Waals surface area contributed by atoms with Crippen LogP contribution in [0.15, 0.2) is 39.3 Å². The normalized spacial score (nSPS) is 49.5. The molecule has 4 aliphatic carbocycles. The van der Waals surface area contributed by atoms with E-state index in [1.54, 1.807) is 6.26 Å². The average molecular weight is 545 g/mol. The Bertz CT molecular complexity index is 1140.